The van der Waals surface area contributed by atoms with E-state index in [1.54, 1.807) is 24.8 Å². The van der Waals surface area contributed by atoms with Gasteiger partial charge in [0.25, 0.3) is 5.91 Å². The average Bonchev–Trinajstić information content (AvgIpc) is 3.05. The summed E-state index contributed by atoms with van der Waals surface area (Å²) < 4.78 is 12.1. The van der Waals surface area contributed by atoms with E-state index in [-0.39, 0.29) is 17.6 Å². The number of hydrogen-bond donors (Lipinski definition) is 0. The van der Waals surface area contributed by atoms with Crippen molar-refractivity contribution in [1.29, 1.82) is 0 Å². The largest absolute Gasteiger partial charge is 0.486 e. The molecule has 2 saturated heterocycles. The molecule has 0 N–H and O–H groups in total. The van der Waals surface area contributed by atoms with Crippen LogP contribution in [0.2, 0.25) is 0 Å². The number of carbonyl (C=O) groups excluding carboxylic acids is 1. The fraction of sp³-hybridized carbons (Fsp3) is 0.474. The van der Waals surface area contributed by atoms with Crippen LogP contribution in [-0.2, 0) is 4.74 Å². The van der Waals surface area contributed by atoms with Gasteiger partial charge in [0.05, 0.1) is 30.3 Å². The first-order valence-corrected chi connectivity index (χ1v) is 8.92. The second kappa shape index (κ2) is 6.99. The first-order chi connectivity index (χ1) is 12.6. The van der Waals surface area contributed by atoms with Gasteiger partial charge in [0, 0.05) is 31.9 Å². The Hall–Kier alpha value is -2.54. The highest BCUT2D eigenvalue weighted by Gasteiger charge is 2.44. The maximum absolute atomic E-state index is 12.6. The van der Waals surface area contributed by atoms with Crippen LogP contribution in [0.15, 0.2) is 36.9 Å². The number of nitrogens with zero attached hydrogens (tertiary/aromatic N) is 4. The van der Waals surface area contributed by atoms with Gasteiger partial charge in [-0.25, -0.2) is 4.98 Å². The minimum absolute atomic E-state index is 0.0319. The number of amides is 1. The lowest BCUT2D eigenvalue weighted by Crippen LogP contribution is -2.46. The Morgan fingerprint density at radius 2 is 2.12 bits per heavy atom. The van der Waals surface area contributed by atoms with E-state index in [4.69, 9.17) is 9.47 Å². The van der Waals surface area contributed by atoms with Crippen LogP contribution in [0.5, 0.6) is 5.75 Å². The van der Waals surface area contributed by atoms with Crippen LogP contribution in [0.1, 0.15) is 35.4 Å². The third-order valence-corrected chi connectivity index (χ3v) is 5.07. The molecule has 4 rings (SSSR count). The van der Waals surface area contributed by atoms with Gasteiger partial charge in [0.1, 0.15) is 17.5 Å². The van der Waals surface area contributed by atoms with Gasteiger partial charge in [-0.1, -0.05) is 0 Å². The summed E-state index contributed by atoms with van der Waals surface area (Å²) in [5, 5.41) is 0. The number of rotatable bonds is 3. The summed E-state index contributed by atoms with van der Waals surface area (Å²) in [7, 11) is 0. The zero-order chi connectivity index (χ0) is 18.0. The van der Waals surface area contributed by atoms with Gasteiger partial charge in [-0.2, -0.15) is 0 Å². The Balaban J connectivity index is 1.33. The van der Waals surface area contributed by atoms with E-state index in [1.807, 2.05) is 24.0 Å². The standard InChI is InChI=1S/C19H22N4O3/c1-14-10-22-17(12-21-14)18(24)23-7-4-19(5-8-23)9-16(13-25-19)26-15-3-2-6-20-11-15/h2-3,6,10-12,16H,4-5,7-9,13H2,1H3/t16-/m0/s1. The zero-order valence-electron chi connectivity index (χ0n) is 14.8. The topological polar surface area (TPSA) is 77.4 Å². The van der Waals surface area contributed by atoms with Crippen LogP contribution in [0, 0.1) is 6.92 Å². The highest BCUT2D eigenvalue weighted by molar-refractivity contribution is 5.92. The minimum atomic E-state index is -0.192. The van der Waals surface area contributed by atoms with E-state index in [0.717, 1.165) is 30.7 Å². The smallest absolute Gasteiger partial charge is 0.274 e. The molecule has 1 amide bonds. The summed E-state index contributed by atoms with van der Waals surface area (Å²) in [6.45, 7) is 3.75. The van der Waals surface area contributed by atoms with Crippen molar-refractivity contribution in [3.05, 3.63) is 48.3 Å². The van der Waals surface area contributed by atoms with Crippen LogP contribution < -0.4 is 4.74 Å². The van der Waals surface area contributed by atoms with Crippen molar-refractivity contribution in [3.8, 4) is 5.75 Å². The van der Waals surface area contributed by atoms with E-state index < -0.39 is 0 Å². The fourth-order valence-electron chi connectivity index (χ4n) is 3.62. The van der Waals surface area contributed by atoms with Crippen molar-refractivity contribution in [3.63, 3.8) is 0 Å². The number of piperidine rings is 1. The molecule has 0 bridgehead atoms. The number of aryl methyl sites for hydroxylation is 1. The Morgan fingerprint density at radius 1 is 1.27 bits per heavy atom. The second-order valence-electron chi connectivity index (χ2n) is 6.96. The predicted octanol–water partition coefficient (Wildman–Crippen LogP) is 2.02. The lowest BCUT2D eigenvalue weighted by molar-refractivity contribution is -0.0396. The number of hydrogen-bond acceptors (Lipinski definition) is 6. The van der Waals surface area contributed by atoms with E-state index in [9.17, 15) is 4.79 Å². The molecule has 2 aromatic heterocycles. The molecule has 1 atom stereocenters. The number of carbonyl (C=O) groups is 1. The maximum Gasteiger partial charge on any atom is 0.274 e. The van der Waals surface area contributed by atoms with Gasteiger partial charge < -0.3 is 14.4 Å². The van der Waals surface area contributed by atoms with Gasteiger partial charge >= 0.3 is 0 Å². The van der Waals surface area contributed by atoms with Crippen molar-refractivity contribution in [2.45, 2.75) is 37.9 Å². The van der Waals surface area contributed by atoms with Crippen LogP contribution in [0.25, 0.3) is 0 Å². The fourth-order valence-corrected chi connectivity index (χ4v) is 3.62. The summed E-state index contributed by atoms with van der Waals surface area (Å²) in [6, 6.07) is 3.76. The van der Waals surface area contributed by atoms with Gasteiger partial charge in [0.15, 0.2) is 0 Å². The summed E-state index contributed by atoms with van der Waals surface area (Å²) in [5.74, 6) is 0.706. The maximum atomic E-state index is 12.6. The SMILES string of the molecule is Cc1cnc(C(=O)N2CCC3(CC2)C[C@H](Oc2cccnc2)CO3)cn1. The predicted molar refractivity (Wildman–Crippen MR) is 93.9 cm³/mol. The van der Waals surface area contributed by atoms with E-state index >= 15 is 0 Å². The summed E-state index contributed by atoms with van der Waals surface area (Å²) >= 11 is 0. The summed E-state index contributed by atoms with van der Waals surface area (Å²) in [4.78, 5) is 26.8. The minimum Gasteiger partial charge on any atom is -0.486 e. The molecular formula is C19H22N4O3. The molecule has 0 saturated carbocycles. The Labute approximate surface area is 152 Å². The molecule has 7 nitrogen and oxygen atoms in total. The monoisotopic (exact) mass is 354 g/mol. The van der Waals surface area contributed by atoms with Crippen molar-refractivity contribution < 1.29 is 14.3 Å². The normalized spacial score (nSPS) is 21.7. The molecule has 7 heteroatoms. The molecule has 0 aromatic carbocycles. The average molecular weight is 354 g/mol. The van der Waals surface area contributed by atoms with Crippen molar-refractivity contribution in [2.24, 2.45) is 0 Å². The molecule has 0 unspecified atom stereocenters. The van der Waals surface area contributed by atoms with E-state index in [2.05, 4.69) is 15.0 Å². The van der Waals surface area contributed by atoms with Gasteiger partial charge in [-0.05, 0) is 31.9 Å². The first-order valence-electron chi connectivity index (χ1n) is 8.92. The van der Waals surface area contributed by atoms with E-state index in [0.29, 0.717) is 25.4 Å². The number of likely N-dealkylation sites (tertiary alicyclic amines) is 1. The molecule has 4 heterocycles. The lowest BCUT2D eigenvalue weighted by Gasteiger charge is -2.38. The van der Waals surface area contributed by atoms with Crippen molar-refractivity contribution >= 4 is 5.91 Å². The highest BCUT2D eigenvalue weighted by Crippen LogP contribution is 2.37. The molecular weight excluding hydrogens is 332 g/mol. The molecule has 136 valence electrons. The van der Waals surface area contributed by atoms with Gasteiger partial charge in [0.2, 0.25) is 0 Å². The first kappa shape index (κ1) is 16.9. The van der Waals surface area contributed by atoms with Crippen LogP contribution in [0.4, 0.5) is 0 Å². The quantitative estimate of drug-likeness (QED) is 0.839. The van der Waals surface area contributed by atoms with E-state index in [1.165, 1.54) is 0 Å². The molecule has 2 aliphatic rings. The van der Waals surface area contributed by atoms with Crippen LogP contribution in [-0.4, -0.2) is 57.2 Å². The summed E-state index contributed by atoms with van der Waals surface area (Å²) in [6.07, 6.45) is 9.11. The van der Waals surface area contributed by atoms with Crippen molar-refractivity contribution in [1.82, 2.24) is 19.9 Å². The number of aromatic nitrogens is 3. The second-order valence-corrected chi connectivity index (χ2v) is 6.96. The van der Waals surface area contributed by atoms with Crippen LogP contribution >= 0.6 is 0 Å². The third-order valence-electron chi connectivity index (χ3n) is 5.07. The molecule has 2 aromatic rings. The molecule has 0 radical (unpaired) electrons. The van der Waals surface area contributed by atoms with Crippen LogP contribution in [0.3, 0.4) is 0 Å². The molecule has 1 spiro atoms. The van der Waals surface area contributed by atoms with Crippen molar-refractivity contribution in [2.75, 3.05) is 19.7 Å². The molecule has 26 heavy (non-hydrogen) atoms. The third kappa shape index (κ3) is 3.53. The Kier molecular flexibility index (Phi) is 4.55. The molecule has 0 aliphatic carbocycles. The Bertz CT molecular complexity index is 758. The Morgan fingerprint density at radius 3 is 2.81 bits per heavy atom. The summed E-state index contributed by atoms with van der Waals surface area (Å²) in [5.41, 5.74) is 1.01. The van der Waals surface area contributed by atoms with Gasteiger partial charge in [-0.3, -0.25) is 14.8 Å². The zero-order valence-corrected chi connectivity index (χ0v) is 14.8. The lowest BCUT2D eigenvalue weighted by atomic mass is 9.88. The molecule has 2 fully saturated rings. The highest BCUT2D eigenvalue weighted by atomic mass is 16.6. The molecule has 2 aliphatic heterocycles. The number of pyridine rings is 1. The number of ether oxygens (including phenoxy) is 2. The van der Waals surface area contributed by atoms with Gasteiger partial charge in [-0.15, -0.1) is 0 Å².